The van der Waals surface area contributed by atoms with Gasteiger partial charge in [-0.25, -0.2) is 14.8 Å². The van der Waals surface area contributed by atoms with Gasteiger partial charge in [-0.05, 0) is 39.1 Å². The summed E-state index contributed by atoms with van der Waals surface area (Å²) < 4.78 is 5.25. The number of carbonyl (C=O) groups excluding carboxylic acids is 1. The Kier molecular flexibility index (Phi) is 6.35. The maximum atomic E-state index is 12.3. The second kappa shape index (κ2) is 9.17. The van der Waals surface area contributed by atoms with Crippen LogP contribution in [0.1, 0.15) is 24.8 Å². The van der Waals surface area contributed by atoms with Gasteiger partial charge >= 0.3 is 6.09 Å². The largest absolute Gasteiger partial charge is 0.447 e. The summed E-state index contributed by atoms with van der Waals surface area (Å²) in [5.41, 5.74) is 1.02. The zero-order valence-corrected chi connectivity index (χ0v) is 18.9. The van der Waals surface area contributed by atoms with Gasteiger partial charge in [0.1, 0.15) is 17.4 Å². The lowest BCUT2D eigenvalue weighted by Crippen LogP contribution is -2.47. The van der Waals surface area contributed by atoms with E-state index in [4.69, 9.17) is 16.3 Å². The van der Waals surface area contributed by atoms with Crippen molar-refractivity contribution in [2.24, 2.45) is 0 Å². The topological polar surface area (TPSA) is 92.3 Å². The van der Waals surface area contributed by atoms with Crippen molar-refractivity contribution in [1.82, 2.24) is 20.3 Å². The van der Waals surface area contributed by atoms with Crippen LogP contribution in [0.5, 0.6) is 0 Å². The van der Waals surface area contributed by atoms with Crippen molar-refractivity contribution in [2.75, 3.05) is 23.9 Å². The third-order valence-corrected chi connectivity index (χ3v) is 6.69. The van der Waals surface area contributed by atoms with Crippen LogP contribution in [0.2, 0.25) is 5.02 Å². The Labute approximate surface area is 189 Å². The van der Waals surface area contributed by atoms with Gasteiger partial charge in [-0.3, -0.25) is 4.90 Å². The Bertz CT molecular complexity index is 1060. The fourth-order valence-electron chi connectivity index (χ4n) is 3.29. The molecule has 162 valence electrons. The summed E-state index contributed by atoms with van der Waals surface area (Å²) in [5.74, 6) is 0.937. The lowest BCUT2D eigenvalue weighted by Gasteiger charge is -2.25. The maximum absolute atomic E-state index is 12.3. The molecule has 1 aliphatic rings. The zero-order chi connectivity index (χ0) is 22.0. The van der Waals surface area contributed by atoms with Crippen LogP contribution in [0.4, 0.5) is 16.6 Å². The molecule has 2 aromatic heterocycles. The molecule has 2 N–H and O–H groups in total. The molecule has 31 heavy (non-hydrogen) atoms. The molecule has 10 heteroatoms. The number of aromatic nitrogens is 3. The number of anilines is 2. The Morgan fingerprint density at radius 3 is 2.74 bits per heavy atom. The van der Waals surface area contributed by atoms with Crippen LogP contribution in [0.15, 0.2) is 42.7 Å². The minimum Gasteiger partial charge on any atom is -0.447 e. The summed E-state index contributed by atoms with van der Waals surface area (Å²) in [6.07, 6.45) is 3.08. The number of amides is 1. The van der Waals surface area contributed by atoms with Crippen LogP contribution in [0, 0.1) is 0 Å². The van der Waals surface area contributed by atoms with Gasteiger partial charge in [0.2, 0.25) is 5.95 Å². The minimum absolute atomic E-state index is 0.0558. The van der Waals surface area contributed by atoms with Crippen molar-refractivity contribution in [3.63, 3.8) is 0 Å². The van der Waals surface area contributed by atoms with E-state index < -0.39 is 6.09 Å². The van der Waals surface area contributed by atoms with Gasteiger partial charge in [-0.15, -0.1) is 11.3 Å². The molecule has 1 amide bonds. The first-order valence-corrected chi connectivity index (χ1v) is 11.1. The molecule has 8 nitrogen and oxygen atoms in total. The summed E-state index contributed by atoms with van der Waals surface area (Å²) in [7, 11) is 1.85. The van der Waals surface area contributed by atoms with Crippen LogP contribution in [0.3, 0.4) is 0 Å². The van der Waals surface area contributed by atoms with Gasteiger partial charge < -0.3 is 15.4 Å². The maximum Gasteiger partial charge on any atom is 0.416 e. The number of nitrogens with one attached hydrogen (secondary N) is 2. The number of nitrogens with zero attached hydrogens (tertiary/aromatic N) is 4. The van der Waals surface area contributed by atoms with Gasteiger partial charge in [0.15, 0.2) is 0 Å². The first-order chi connectivity index (χ1) is 15.0. The lowest BCUT2D eigenvalue weighted by atomic mass is 10.1. The SMILES string of the molecule is CN[C@H](C)C1COC(=O)N1c1ccnc(N[C@@H](C)c2cnc(-c3ccc(Cl)cc3)s2)n1. The molecule has 3 aromatic rings. The number of thiazole rings is 1. The predicted octanol–water partition coefficient (Wildman–Crippen LogP) is 4.36. The van der Waals surface area contributed by atoms with Crippen molar-refractivity contribution in [1.29, 1.82) is 0 Å². The molecule has 3 heterocycles. The first kappa shape index (κ1) is 21.5. The van der Waals surface area contributed by atoms with Gasteiger partial charge in [0, 0.05) is 33.9 Å². The molecular formula is C21H23ClN6O2S. The Morgan fingerprint density at radius 2 is 2.00 bits per heavy atom. The van der Waals surface area contributed by atoms with Gasteiger partial charge in [-0.1, -0.05) is 23.7 Å². The zero-order valence-electron chi connectivity index (χ0n) is 17.4. The van der Waals surface area contributed by atoms with E-state index in [1.165, 1.54) is 0 Å². The van der Waals surface area contributed by atoms with Gasteiger partial charge in [0.05, 0.1) is 12.1 Å². The number of halogens is 1. The molecule has 1 aromatic carbocycles. The number of benzene rings is 1. The van der Waals surface area contributed by atoms with Gasteiger partial charge in [0.25, 0.3) is 0 Å². The summed E-state index contributed by atoms with van der Waals surface area (Å²) in [6.45, 7) is 4.34. The van der Waals surface area contributed by atoms with Crippen molar-refractivity contribution >= 4 is 40.8 Å². The quantitative estimate of drug-likeness (QED) is 0.543. The van der Waals surface area contributed by atoms with Crippen LogP contribution in [0.25, 0.3) is 10.6 Å². The van der Waals surface area contributed by atoms with E-state index in [1.807, 2.05) is 51.4 Å². The molecule has 1 saturated heterocycles. The number of ether oxygens (including phenoxy) is 1. The van der Waals surface area contributed by atoms with E-state index in [1.54, 1.807) is 28.5 Å². The molecule has 1 fully saturated rings. The third kappa shape index (κ3) is 4.63. The smallest absolute Gasteiger partial charge is 0.416 e. The standard InChI is InChI=1S/C21H23ClN6O2S/c1-12(23-3)16-11-30-21(29)28(16)18-8-9-24-20(27-18)26-13(2)17-10-25-19(31-17)14-4-6-15(22)7-5-14/h4-10,12-13,16,23H,11H2,1-3H3,(H,24,26,27)/t12-,13+,16?/m1/s1. The second-order valence-corrected chi connectivity index (χ2v) is 8.77. The lowest BCUT2D eigenvalue weighted by molar-refractivity contribution is 0.177. The molecule has 3 atom stereocenters. The Hall–Kier alpha value is -2.75. The highest BCUT2D eigenvalue weighted by atomic mass is 35.5. The monoisotopic (exact) mass is 458 g/mol. The number of carbonyl (C=O) groups is 1. The average molecular weight is 459 g/mol. The molecule has 1 aliphatic heterocycles. The predicted molar refractivity (Wildman–Crippen MR) is 123 cm³/mol. The van der Waals surface area contributed by atoms with Crippen molar-refractivity contribution in [3.05, 3.63) is 52.6 Å². The summed E-state index contributed by atoms with van der Waals surface area (Å²) in [4.78, 5) is 28.3. The molecule has 0 aliphatic carbocycles. The normalized spacial score (nSPS) is 18.0. The van der Waals surface area contributed by atoms with E-state index in [0.717, 1.165) is 15.4 Å². The van der Waals surface area contributed by atoms with E-state index in [-0.39, 0.29) is 18.1 Å². The van der Waals surface area contributed by atoms with E-state index >= 15 is 0 Å². The molecule has 4 rings (SSSR count). The van der Waals surface area contributed by atoms with E-state index in [2.05, 4.69) is 25.6 Å². The third-order valence-electron chi connectivity index (χ3n) is 5.21. The number of cyclic esters (lactones) is 1. The highest BCUT2D eigenvalue weighted by Gasteiger charge is 2.38. The van der Waals surface area contributed by atoms with Crippen molar-refractivity contribution in [2.45, 2.75) is 32.0 Å². The highest BCUT2D eigenvalue weighted by Crippen LogP contribution is 2.31. The Balaban J connectivity index is 1.50. The molecule has 1 unspecified atom stereocenters. The van der Waals surface area contributed by atoms with Crippen LogP contribution in [-0.2, 0) is 4.74 Å². The molecule has 0 spiro atoms. The fraction of sp³-hybridized carbons (Fsp3) is 0.333. The minimum atomic E-state index is -0.403. The number of hydrogen-bond acceptors (Lipinski definition) is 8. The molecule has 0 radical (unpaired) electrons. The average Bonchev–Trinajstić information content (AvgIpc) is 3.41. The van der Waals surface area contributed by atoms with E-state index in [9.17, 15) is 4.79 Å². The molecule has 0 saturated carbocycles. The van der Waals surface area contributed by atoms with Gasteiger partial charge in [-0.2, -0.15) is 4.98 Å². The fourth-order valence-corrected chi connectivity index (χ4v) is 4.34. The second-order valence-electron chi connectivity index (χ2n) is 7.27. The van der Waals surface area contributed by atoms with Crippen molar-refractivity contribution < 1.29 is 9.53 Å². The Morgan fingerprint density at radius 1 is 1.23 bits per heavy atom. The number of hydrogen-bond donors (Lipinski definition) is 2. The van der Waals surface area contributed by atoms with Crippen LogP contribution in [-0.4, -0.2) is 46.8 Å². The summed E-state index contributed by atoms with van der Waals surface area (Å²) in [6, 6.07) is 9.17. The first-order valence-electron chi connectivity index (χ1n) is 9.90. The number of rotatable bonds is 7. The summed E-state index contributed by atoms with van der Waals surface area (Å²) >= 11 is 7.56. The summed E-state index contributed by atoms with van der Waals surface area (Å²) in [5, 5.41) is 8.08. The highest BCUT2D eigenvalue weighted by molar-refractivity contribution is 7.15. The van der Waals surface area contributed by atoms with Crippen LogP contribution < -0.4 is 15.5 Å². The van der Waals surface area contributed by atoms with E-state index in [0.29, 0.717) is 23.4 Å². The number of likely N-dealkylation sites (N-methyl/N-ethyl adjacent to an activating group) is 1. The van der Waals surface area contributed by atoms with Crippen LogP contribution >= 0.6 is 22.9 Å². The molecular weight excluding hydrogens is 436 g/mol. The van der Waals surface area contributed by atoms with Crippen molar-refractivity contribution in [3.8, 4) is 10.6 Å². The molecule has 0 bridgehead atoms.